The fourth-order valence-corrected chi connectivity index (χ4v) is 4.41. The quantitative estimate of drug-likeness (QED) is 0.602. The Kier molecular flexibility index (Phi) is 7.43. The normalized spacial score (nSPS) is 16.8. The summed E-state index contributed by atoms with van der Waals surface area (Å²) in [6.45, 7) is 4.67. The van der Waals surface area contributed by atoms with Crippen LogP contribution in [0.25, 0.3) is 0 Å². The zero-order valence-electron chi connectivity index (χ0n) is 15.5. The highest BCUT2D eigenvalue weighted by Gasteiger charge is 2.32. The maximum atomic E-state index is 12.7. The number of ether oxygens (including phenoxy) is 1. The Balaban J connectivity index is 2.09. The molecule has 1 aromatic carbocycles. The molecular weight excluding hydrogens is 354 g/mol. The number of amides is 1. The van der Waals surface area contributed by atoms with Gasteiger partial charge in [-0.15, -0.1) is 0 Å². The Bertz CT molecular complexity index is 695. The Morgan fingerprint density at radius 3 is 2.62 bits per heavy atom. The number of hydrogen-bond donors (Lipinski definition) is 3. The highest BCUT2D eigenvalue weighted by molar-refractivity contribution is 7.92. The highest BCUT2D eigenvalue weighted by atomic mass is 32.2. The molecule has 0 aliphatic carbocycles. The summed E-state index contributed by atoms with van der Waals surface area (Å²) in [6, 6.07) is 6.67. The number of rotatable bonds is 9. The van der Waals surface area contributed by atoms with Crippen molar-refractivity contribution in [3.63, 3.8) is 0 Å². The van der Waals surface area contributed by atoms with Gasteiger partial charge >= 0.3 is 0 Å². The molecule has 26 heavy (non-hydrogen) atoms. The number of benzene rings is 1. The summed E-state index contributed by atoms with van der Waals surface area (Å²) in [4.78, 5) is 12.7. The summed E-state index contributed by atoms with van der Waals surface area (Å²) in [5.41, 5.74) is 0.546. The minimum atomic E-state index is -3.46. The van der Waals surface area contributed by atoms with Crippen molar-refractivity contribution in [1.82, 2.24) is 10.6 Å². The van der Waals surface area contributed by atoms with Crippen LogP contribution in [-0.2, 0) is 14.8 Å². The fraction of sp³-hybridized carbons (Fsp3) is 0.611. The second-order valence-electron chi connectivity index (χ2n) is 6.83. The smallest absolute Gasteiger partial charge is 0.253 e. The van der Waals surface area contributed by atoms with E-state index in [1.165, 1.54) is 0 Å². The molecular formula is C18H29N3O4S. The van der Waals surface area contributed by atoms with Crippen LogP contribution in [0.4, 0.5) is 5.69 Å². The molecule has 0 bridgehead atoms. The van der Waals surface area contributed by atoms with Gasteiger partial charge in [0, 0.05) is 19.1 Å². The van der Waals surface area contributed by atoms with Gasteiger partial charge in [-0.25, -0.2) is 8.42 Å². The highest BCUT2D eigenvalue weighted by Crippen LogP contribution is 2.28. The molecule has 0 saturated carbocycles. The lowest BCUT2D eigenvalue weighted by Crippen LogP contribution is -2.47. The average molecular weight is 384 g/mol. The van der Waals surface area contributed by atoms with Crippen LogP contribution in [0, 0.1) is 5.41 Å². The van der Waals surface area contributed by atoms with Crippen LogP contribution in [0.1, 0.15) is 36.5 Å². The van der Waals surface area contributed by atoms with Crippen molar-refractivity contribution in [2.24, 2.45) is 5.41 Å². The first-order valence-corrected chi connectivity index (χ1v) is 10.6. The van der Waals surface area contributed by atoms with Crippen molar-refractivity contribution in [3.05, 3.63) is 29.8 Å². The first kappa shape index (κ1) is 20.7. The third-order valence-corrected chi connectivity index (χ3v) is 6.13. The number of nitrogens with one attached hydrogen (secondary N) is 3. The standard InChI is InChI=1S/C18H29N3O4S/c1-3-12-26(23,24)21-16-7-5-4-6-15(16)17(22)20-13-18(14-25-2)8-10-19-11-9-18/h4-7,19,21H,3,8-14H2,1-2H3,(H,20,22). The van der Waals surface area contributed by atoms with E-state index in [1.807, 2.05) is 0 Å². The molecule has 7 nitrogen and oxygen atoms in total. The molecule has 0 unspecified atom stereocenters. The lowest BCUT2D eigenvalue weighted by atomic mass is 9.79. The predicted octanol–water partition coefficient (Wildman–Crippen LogP) is 1.58. The van der Waals surface area contributed by atoms with Crippen LogP contribution in [0.3, 0.4) is 0 Å². The van der Waals surface area contributed by atoms with Crippen LogP contribution >= 0.6 is 0 Å². The Morgan fingerprint density at radius 1 is 1.27 bits per heavy atom. The molecule has 2 rings (SSSR count). The van der Waals surface area contributed by atoms with Crippen LogP contribution in [0.15, 0.2) is 24.3 Å². The topological polar surface area (TPSA) is 96.5 Å². The second-order valence-corrected chi connectivity index (χ2v) is 8.67. The van der Waals surface area contributed by atoms with Gasteiger partial charge in [-0.3, -0.25) is 9.52 Å². The van der Waals surface area contributed by atoms with Gasteiger partial charge in [-0.1, -0.05) is 19.1 Å². The van der Waals surface area contributed by atoms with Gasteiger partial charge in [0.1, 0.15) is 0 Å². The Morgan fingerprint density at radius 2 is 1.96 bits per heavy atom. The molecule has 3 N–H and O–H groups in total. The van der Waals surface area contributed by atoms with E-state index < -0.39 is 10.0 Å². The van der Waals surface area contributed by atoms with Crippen molar-refractivity contribution in [1.29, 1.82) is 0 Å². The molecule has 1 aliphatic heterocycles. The average Bonchev–Trinajstić information content (AvgIpc) is 2.61. The molecule has 1 aromatic rings. The molecule has 1 heterocycles. The third-order valence-electron chi connectivity index (χ3n) is 4.65. The van der Waals surface area contributed by atoms with Gasteiger partial charge in [-0.05, 0) is 44.5 Å². The molecule has 1 amide bonds. The molecule has 0 aromatic heterocycles. The maximum absolute atomic E-state index is 12.7. The van der Waals surface area contributed by atoms with Crippen molar-refractivity contribution in [2.45, 2.75) is 26.2 Å². The number of piperidine rings is 1. The van der Waals surface area contributed by atoms with E-state index in [9.17, 15) is 13.2 Å². The third kappa shape index (κ3) is 5.69. The summed E-state index contributed by atoms with van der Waals surface area (Å²) in [5, 5.41) is 6.29. The lowest BCUT2D eigenvalue weighted by molar-refractivity contribution is 0.0512. The van der Waals surface area contributed by atoms with Gasteiger partial charge < -0.3 is 15.4 Å². The number of methoxy groups -OCH3 is 1. The largest absolute Gasteiger partial charge is 0.384 e. The second kappa shape index (κ2) is 9.34. The number of para-hydroxylation sites is 1. The van der Waals surface area contributed by atoms with Crippen LogP contribution in [0.5, 0.6) is 0 Å². The van der Waals surface area contributed by atoms with Crippen molar-refractivity contribution in [3.8, 4) is 0 Å². The van der Waals surface area contributed by atoms with Crippen LogP contribution in [0.2, 0.25) is 0 Å². The predicted molar refractivity (Wildman–Crippen MR) is 103 cm³/mol. The first-order chi connectivity index (χ1) is 12.4. The Labute approximate surface area is 155 Å². The van der Waals surface area contributed by atoms with Gasteiger partial charge in [0.25, 0.3) is 5.91 Å². The van der Waals surface area contributed by atoms with E-state index in [2.05, 4.69) is 15.4 Å². The minimum absolute atomic E-state index is 0.0207. The number of carbonyl (C=O) groups excluding carboxylic acids is 1. The Hall–Kier alpha value is -1.64. The molecule has 1 saturated heterocycles. The maximum Gasteiger partial charge on any atom is 0.253 e. The molecule has 0 spiro atoms. The van der Waals surface area contributed by atoms with Crippen molar-refractivity contribution < 1.29 is 17.9 Å². The van der Waals surface area contributed by atoms with Gasteiger partial charge in [-0.2, -0.15) is 0 Å². The number of carbonyl (C=O) groups is 1. The first-order valence-electron chi connectivity index (χ1n) is 8.99. The summed E-state index contributed by atoms with van der Waals surface area (Å²) in [7, 11) is -1.79. The van der Waals surface area contributed by atoms with E-state index in [4.69, 9.17) is 4.74 Å². The van der Waals surface area contributed by atoms with Crippen LogP contribution in [-0.4, -0.2) is 53.4 Å². The lowest BCUT2D eigenvalue weighted by Gasteiger charge is -2.37. The molecule has 1 fully saturated rings. The summed E-state index contributed by atoms with van der Waals surface area (Å²) >= 11 is 0. The molecule has 0 radical (unpaired) electrons. The minimum Gasteiger partial charge on any atom is -0.384 e. The van der Waals surface area contributed by atoms with Gasteiger partial charge in [0.15, 0.2) is 0 Å². The number of sulfonamides is 1. The van der Waals surface area contributed by atoms with E-state index in [0.29, 0.717) is 30.8 Å². The molecule has 8 heteroatoms. The van der Waals surface area contributed by atoms with Gasteiger partial charge in [0.05, 0.1) is 23.6 Å². The zero-order chi connectivity index (χ0) is 19.0. The SMILES string of the molecule is CCCS(=O)(=O)Nc1ccccc1C(=O)NCC1(COC)CCNCC1. The fourth-order valence-electron chi connectivity index (χ4n) is 3.26. The molecule has 146 valence electrons. The van der Waals surface area contributed by atoms with E-state index in [1.54, 1.807) is 38.3 Å². The molecule has 1 aliphatic rings. The van der Waals surface area contributed by atoms with Crippen molar-refractivity contribution in [2.75, 3.05) is 43.8 Å². The zero-order valence-corrected chi connectivity index (χ0v) is 16.3. The monoisotopic (exact) mass is 383 g/mol. The summed E-state index contributed by atoms with van der Waals surface area (Å²) < 4.78 is 32.0. The molecule has 0 atom stereocenters. The summed E-state index contributed by atoms with van der Waals surface area (Å²) in [5.74, 6) is -0.263. The van der Waals surface area contributed by atoms with E-state index in [-0.39, 0.29) is 17.1 Å². The van der Waals surface area contributed by atoms with E-state index in [0.717, 1.165) is 25.9 Å². The van der Waals surface area contributed by atoms with Crippen molar-refractivity contribution >= 4 is 21.6 Å². The number of anilines is 1. The summed E-state index contributed by atoms with van der Waals surface area (Å²) in [6.07, 6.45) is 2.36. The number of hydrogen-bond acceptors (Lipinski definition) is 5. The van der Waals surface area contributed by atoms with Crippen LogP contribution < -0.4 is 15.4 Å². The van der Waals surface area contributed by atoms with E-state index >= 15 is 0 Å². The van der Waals surface area contributed by atoms with Gasteiger partial charge in [0.2, 0.25) is 10.0 Å².